The molecule has 1 amide bonds. The van der Waals surface area contributed by atoms with E-state index in [1.165, 1.54) is 11.3 Å². The molecule has 3 aromatic rings. The number of benzene rings is 1. The highest BCUT2D eigenvalue weighted by molar-refractivity contribution is 7.14. The number of nitrogens with one attached hydrogen (secondary N) is 1. The van der Waals surface area contributed by atoms with Crippen molar-refractivity contribution in [1.29, 1.82) is 0 Å². The predicted octanol–water partition coefficient (Wildman–Crippen LogP) is 3.91. The van der Waals surface area contributed by atoms with Crippen LogP contribution in [-0.4, -0.2) is 35.3 Å². The lowest BCUT2D eigenvalue weighted by Gasteiger charge is -2.08. The van der Waals surface area contributed by atoms with Crippen molar-refractivity contribution in [3.8, 4) is 22.8 Å². The molecule has 8 nitrogen and oxygen atoms in total. The van der Waals surface area contributed by atoms with Gasteiger partial charge in [0.05, 0.1) is 19.9 Å². The summed E-state index contributed by atoms with van der Waals surface area (Å²) in [5.74, 6) is 2.51. The first-order valence-electron chi connectivity index (χ1n) is 8.80. The summed E-state index contributed by atoms with van der Waals surface area (Å²) in [6.07, 6.45) is 0.616. The molecule has 2 aromatic heterocycles. The Hall–Kier alpha value is -2.94. The normalized spacial score (nSPS) is 10.9. The topological polar surface area (TPSA) is 99.4 Å². The second kappa shape index (κ2) is 8.83. The van der Waals surface area contributed by atoms with Crippen LogP contribution in [0, 0.1) is 0 Å². The summed E-state index contributed by atoms with van der Waals surface area (Å²) in [5.41, 5.74) is 1.50. The summed E-state index contributed by atoms with van der Waals surface area (Å²) in [4.78, 5) is 21.0. The Morgan fingerprint density at radius 2 is 2.07 bits per heavy atom. The number of amides is 1. The van der Waals surface area contributed by atoms with Crippen LogP contribution < -0.4 is 14.8 Å². The van der Waals surface area contributed by atoms with E-state index in [0.717, 1.165) is 5.56 Å². The molecule has 2 heterocycles. The number of methoxy groups -OCH3 is 2. The number of anilines is 1. The van der Waals surface area contributed by atoms with Crippen molar-refractivity contribution in [1.82, 2.24) is 15.1 Å². The van der Waals surface area contributed by atoms with Gasteiger partial charge < -0.3 is 19.3 Å². The molecule has 1 aromatic carbocycles. The van der Waals surface area contributed by atoms with Gasteiger partial charge >= 0.3 is 0 Å². The third kappa shape index (κ3) is 4.66. The molecular weight excluding hydrogens is 380 g/mol. The maximum absolute atomic E-state index is 12.2. The van der Waals surface area contributed by atoms with E-state index < -0.39 is 0 Å². The third-order valence-electron chi connectivity index (χ3n) is 4.00. The van der Waals surface area contributed by atoms with Crippen LogP contribution in [-0.2, 0) is 11.2 Å². The minimum atomic E-state index is -0.164. The van der Waals surface area contributed by atoms with Gasteiger partial charge in [-0.05, 0) is 18.2 Å². The van der Waals surface area contributed by atoms with Gasteiger partial charge in [0.2, 0.25) is 11.8 Å². The number of carbonyl (C=O) groups excluding carboxylic acids is 1. The molecule has 1 N–H and O–H groups in total. The van der Waals surface area contributed by atoms with Crippen LogP contribution in [0.2, 0.25) is 0 Å². The monoisotopic (exact) mass is 402 g/mol. The highest BCUT2D eigenvalue weighted by Gasteiger charge is 2.15. The lowest BCUT2D eigenvalue weighted by molar-refractivity contribution is -0.116. The molecule has 0 bridgehead atoms. The molecule has 3 rings (SSSR count). The van der Waals surface area contributed by atoms with Gasteiger partial charge in [0.25, 0.3) is 0 Å². The lowest BCUT2D eigenvalue weighted by Crippen LogP contribution is -2.12. The molecule has 28 heavy (non-hydrogen) atoms. The molecule has 0 aliphatic carbocycles. The first kappa shape index (κ1) is 19.8. The smallest absolute Gasteiger partial charge is 0.227 e. The van der Waals surface area contributed by atoms with E-state index in [9.17, 15) is 4.79 Å². The molecule has 0 aliphatic rings. The Labute approximate surface area is 166 Å². The second-order valence-corrected chi connectivity index (χ2v) is 7.21. The molecule has 0 spiro atoms. The highest BCUT2D eigenvalue weighted by Crippen LogP contribution is 2.35. The number of thiazole rings is 1. The average molecular weight is 402 g/mol. The van der Waals surface area contributed by atoms with Gasteiger partial charge in [0.15, 0.2) is 11.0 Å². The predicted molar refractivity (Wildman–Crippen MR) is 106 cm³/mol. The standard InChI is InChI=1S/C19H22N4O4S/c1-11(2)18-22-17(27-23-18)8-7-16(24)21-19-20-14(10-28-19)13-9-12(25-3)5-6-15(13)26-4/h5-6,9-11H,7-8H2,1-4H3,(H,20,21,24). The fourth-order valence-corrected chi connectivity index (χ4v) is 3.20. The molecule has 148 valence electrons. The van der Waals surface area contributed by atoms with Gasteiger partial charge in [-0.3, -0.25) is 4.79 Å². The van der Waals surface area contributed by atoms with Crippen molar-refractivity contribution in [2.45, 2.75) is 32.6 Å². The minimum Gasteiger partial charge on any atom is -0.497 e. The number of ether oxygens (including phenoxy) is 2. The first-order valence-corrected chi connectivity index (χ1v) is 9.68. The van der Waals surface area contributed by atoms with Gasteiger partial charge in [-0.1, -0.05) is 19.0 Å². The number of carbonyl (C=O) groups is 1. The van der Waals surface area contributed by atoms with Crippen LogP contribution in [0.4, 0.5) is 5.13 Å². The summed E-state index contributed by atoms with van der Waals surface area (Å²) < 4.78 is 15.8. The second-order valence-electron chi connectivity index (χ2n) is 6.35. The molecule has 0 unspecified atom stereocenters. The summed E-state index contributed by atoms with van der Waals surface area (Å²) in [5, 5.41) is 9.07. The van der Waals surface area contributed by atoms with Gasteiger partial charge in [-0.15, -0.1) is 11.3 Å². The maximum Gasteiger partial charge on any atom is 0.227 e. The molecule has 0 saturated carbocycles. The Morgan fingerprint density at radius 3 is 2.75 bits per heavy atom. The summed E-state index contributed by atoms with van der Waals surface area (Å²) >= 11 is 1.34. The molecule has 0 saturated heterocycles. The highest BCUT2D eigenvalue weighted by atomic mass is 32.1. The molecule has 0 atom stereocenters. The Kier molecular flexibility index (Phi) is 6.25. The van der Waals surface area contributed by atoms with Crippen LogP contribution >= 0.6 is 11.3 Å². The fourth-order valence-electron chi connectivity index (χ4n) is 2.48. The number of hydrogen-bond acceptors (Lipinski definition) is 8. The van der Waals surface area contributed by atoms with Crippen LogP contribution in [0.3, 0.4) is 0 Å². The maximum atomic E-state index is 12.2. The third-order valence-corrected chi connectivity index (χ3v) is 4.76. The SMILES string of the molecule is COc1ccc(OC)c(-c2csc(NC(=O)CCc3nc(C(C)C)no3)n2)c1. The Bertz CT molecular complexity index is 951. The molecule has 0 aliphatic heterocycles. The summed E-state index contributed by atoms with van der Waals surface area (Å²) in [6.45, 7) is 3.97. The van der Waals surface area contributed by atoms with Crippen molar-refractivity contribution in [3.05, 3.63) is 35.3 Å². The van der Waals surface area contributed by atoms with Gasteiger partial charge in [0, 0.05) is 29.7 Å². The first-order chi connectivity index (χ1) is 13.5. The Balaban J connectivity index is 1.63. The van der Waals surface area contributed by atoms with E-state index in [4.69, 9.17) is 14.0 Å². The van der Waals surface area contributed by atoms with Gasteiger partial charge in [0.1, 0.15) is 11.5 Å². The van der Waals surface area contributed by atoms with E-state index in [2.05, 4.69) is 20.4 Å². The zero-order valence-electron chi connectivity index (χ0n) is 16.2. The summed E-state index contributed by atoms with van der Waals surface area (Å²) in [7, 11) is 3.20. The van der Waals surface area contributed by atoms with E-state index in [1.807, 2.05) is 37.4 Å². The average Bonchev–Trinajstić information content (AvgIpc) is 3.35. The number of aryl methyl sites for hydroxylation is 1. The lowest BCUT2D eigenvalue weighted by atomic mass is 10.1. The largest absolute Gasteiger partial charge is 0.497 e. The number of nitrogens with zero attached hydrogens (tertiary/aromatic N) is 3. The van der Waals surface area contributed by atoms with Crippen molar-refractivity contribution in [2.24, 2.45) is 0 Å². The van der Waals surface area contributed by atoms with E-state index >= 15 is 0 Å². The van der Waals surface area contributed by atoms with Gasteiger partial charge in [-0.25, -0.2) is 4.98 Å². The van der Waals surface area contributed by atoms with E-state index in [-0.39, 0.29) is 18.2 Å². The number of rotatable bonds is 8. The van der Waals surface area contributed by atoms with Crippen molar-refractivity contribution < 1.29 is 18.8 Å². The fraction of sp³-hybridized carbons (Fsp3) is 0.368. The Morgan fingerprint density at radius 1 is 1.25 bits per heavy atom. The minimum absolute atomic E-state index is 0.164. The van der Waals surface area contributed by atoms with Crippen LogP contribution in [0.15, 0.2) is 28.1 Å². The van der Waals surface area contributed by atoms with Crippen molar-refractivity contribution in [2.75, 3.05) is 19.5 Å². The number of hydrogen-bond donors (Lipinski definition) is 1. The van der Waals surface area contributed by atoms with Crippen LogP contribution in [0.1, 0.15) is 37.9 Å². The van der Waals surface area contributed by atoms with E-state index in [1.54, 1.807) is 14.2 Å². The molecular formula is C19H22N4O4S. The molecule has 9 heteroatoms. The number of aromatic nitrogens is 3. The van der Waals surface area contributed by atoms with E-state index in [0.29, 0.717) is 40.5 Å². The van der Waals surface area contributed by atoms with Crippen LogP contribution in [0.5, 0.6) is 11.5 Å². The zero-order valence-corrected chi connectivity index (χ0v) is 17.0. The van der Waals surface area contributed by atoms with Crippen molar-refractivity contribution >= 4 is 22.4 Å². The zero-order chi connectivity index (χ0) is 20.1. The molecule has 0 radical (unpaired) electrons. The van der Waals surface area contributed by atoms with Crippen LogP contribution in [0.25, 0.3) is 11.3 Å². The van der Waals surface area contributed by atoms with Gasteiger partial charge in [-0.2, -0.15) is 4.98 Å². The summed E-state index contributed by atoms with van der Waals surface area (Å²) in [6, 6.07) is 5.49. The molecule has 0 fully saturated rings. The quantitative estimate of drug-likeness (QED) is 0.610. The van der Waals surface area contributed by atoms with Crippen molar-refractivity contribution in [3.63, 3.8) is 0 Å².